The van der Waals surface area contributed by atoms with E-state index >= 15 is 0 Å². The first-order chi connectivity index (χ1) is 9.56. The van der Waals surface area contributed by atoms with Crippen molar-refractivity contribution in [3.8, 4) is 0 Å². The lowest BCUT2D eigenvalue weighted by Gasteiger charge is -2.14. The molecule has 0 fully saturated rings. The Morgan fingerprint density at radius 1 is 1.25 bits per heavy atom. The van der Waals surface area contributed by atoms with Crippen LogP contribution in [0.4, 0.5) is 0 Å². The van der Waals surface area contributed by atoms with Gasteiger partial charge >= 0.3 is 5.97 Å². The van der Waals surface area contributed by atoms with Gasteiger partial charge < -0.3 is 10.4 Å². The molecule has 2 rings (SSSR count). The van der Waals surface area contributed by atoms with E-state index in [4.69, 9.17) is 16.7 Å². The van der Waals surface area contributed by atoms with Crippen molar-refractivity contribution in [3.05, 3.63) is 70.2 Å². The van der Waals surface area contributed by atoms with Gasteiger partial charge in [0.2, 0.25) is 0 Å². The van der Waals surface area contributed by atoms with Gasteiger partial charge in [0.1, 0.15) is 0 Å². The molecule has 0 saturated heterocycles. The number of rotatable bonds is 5. The van der Waals surface area contributed by atoms with Gasteiger partial charge in [0, 0.05) is 17.6 Å². The van der Waals surface area contributed by atoms with Gasteiger partial charge in [-0.15, -0.1) is 0 Å². The van der Waals surface area contributed by atoms with Crippen LogP contribution < -0.4 is 5.32 Å². The topological polar surface area (TPSA) is 49.3 Å². The summed E-state index contributed by atoms with van der Waals surface area (Å²) in [6.45, 7) is 2.68. The lowest BCUT2D eigenvalue weighted by molar-refractivity contribution is 0.0696. The first kappa shape index (κ1) is 14.6. The largest absolute Gasteiger partial charge is 0.478 e. The van der Waals surface area contributed by atoms with Crippen LogP contribution in [0.5, 0.6) is 0 Å². The standard InChI is InChI=1S/C16H16ClNO2/c1-11(13-5-7-15(17)8-6-13)18-10-12-3-2-4-14(9-12)16(19)20/h2-9,11,18H,10H2,1H3,(H,19,20). The van der Waals surface area contributed by atoms with E-state index in [9.17, 15) is 4.79 Å². The molecule has 0 radical (unpaired) electrons. The zero-order chi connectivity index (χ0) is 14.5. The molecule has 1 atom stereocenters. The second kappa shape index (κ2) is 6.55. The maximum Gasteiger partial charge on any atom is 0.335 e. The molecule has 104 valence electrons. The molecule has 0 bridgehead atoms. The van der Waals surface area contributed by atoms with Gasteiger partial charge in [-0.1, -0.05) is 35.9 Å². The molecule has 0 aliphatic carbocycles. The average molecular weight is 290 g/mol. The minimum absolute atomic E-state index is 0.167. The number of hydrogen-bond donors (Lipinski definition) is 2. The molecule has 2 aromatic carbocycles. The van der Waals surface area contributed by atoms with Crippen molar-refractivity contribution in [2.24, 2.45) is 0 Å². The summed E-state index contributed by atoms with van der Waals surface area (Å²) in [5.74, 6) is -0.905. The Labute approximate surface area is 123 Å². The van der Waals surface area contributed by atoms with E-state index in [1.54, 1.807) is 18.2 Å². The van der Waals surface area contributed by atoms with Crippen LogP contribution >= 0.6 is 11.6 Å². The average Bonchev–Trinajstić information content (AvgIpc) is 2.46. The molecule has 0 saturated carbocycles. The van der Waals surface area contributed by atoms with Crippen LogP contribution in [0, 0.1) is 0 Å². The molecule has 1 unspecified atom stereocenters. The third-order valence-corrected chi connectivity index (χ3v) is 3.41. The second-order valence-corrected chi connectivity index (χ2v) is 5.10. The zero-order valence-electron chi connectivity index (χ0n) is 11.1. The molecule has 0 aliphatic heterocycles. The summed E-state index contributed by atoms with van der Waals surface area (Å²) >= 11 is 5.86. The van der Waals surface area contributed by atoms with Crippen LogP contribution in [0.1, 0.15) is 34.5 Å². The van der Waals surface area contributed by atoms with E-state index in [2.05, 4.69) is 12.2 Å². The molecule has 0 aromatic heterocycles. The normalized spacial score (nSPS) is 12.1. The van der Waals surface area contributed by atoms with E-state index in [0.29, 0.717) is 12.1 Å². The lowest BCUT2D eigenvalue weighted by Crippen LogP contribution is -2.18. The van der Waals surface area contributed by atoms with Crippen LogP contribution in [0.2, 0.25) is 5.02 Å². The SMILES string of the molecule is CC(NCc1cccc(C(=O)O)c1)c1ccc(Cl)cc1. The van der Waals surface area contributed by atoms with E-state index in [0.717, 1.165) is 16.1 Å². The quantitative estimate of drug-likeness (QED) is 0.878. The molecule has 4 heteroatoms. The van der Waals surface area contributed by atoms with Gasteiger partial charge in [0.15, 0.2) is 0 Å². The van der Waals surface area contributed by atoms with E-state index < -0.39 is 5.97 Å². The summed E-state index contributed by atoms with van der Waals surface area (Å²) in [5, 5.41) is 13.0. The number of benzene rings is 2. The fraction of sp³-hybridized carbons (Fsp3) is 0.188. The first-order valence-electron chi connectivity index (χ1n) is 6.37. The number of carboxylic acid groups (broad SMARTS) is 1. The van der Waals surface area contributed by atoms with Crippen LogP contribution in [-0.4, -0.2) is 11.1 Å². The molecule has 0 aliphatic rings. The molecular weight excluding hydrogens is 274 g/mol. The molecule has 20 heavy (non-hydrogen) atoms. The number of carboxylic acids is 1. The van der Waals surface area contributed by atoms with Crippen LogP contribution in [-0.2, 0) is 6.54 Å². The first-order valence-corrected chi connectivity index (χ1v) is 6.75. The van der Waals surface area contributed by atoms with E-state index in [-0.39, 0.29) is 6.04 Å². The maximum atomic E-state index is 10.9. The number of carbonyl (C=O) groups is 1. The molecule has 3 nitrogen and oxygen atoms in total. The predicted molar refractivity (Wildman–Crippen MR) is 80.1 cm³/mol. The minimum atomic E-state index is -0.905. The van der Waals surface area contributed by atoms with Gasteiger partial charge in [0.25, 0.3) is 0 Å². The fourth-order valence-corrected chi connectivity index (χ4v) is 2.08. The highest BCUT2D eigenvalue weighted by Crippen LogP contribution is 2.16. The summed E-state index contributed by atoms with van der Waals surface area (Å²) in [6.07, 6.45) is 0. The second-order valence-electron chi connectivity index (χ2n) is 4.66. The predicted octanol–water partition coefficient (Wildman–Crippen LogP) is 3.89. The Bertz CT molecular complexity index is 596. The highest BCUT2D eigenvalue weighted by molar-refractivity contribution is 6.30. The van der Waals surface area contributed by atoms with Crippen LogP contribution in [0.3, 0.4) is 0 Å². The van der Waals surface area contributed by atoms with Crippen molar-refractivity contribution in [1.82, 2.24) is 5.32 Å². The Morgan fingerprint density at radius 3 is 2.60 bits per heavy atom. The van der Waals surface area contributed by atoms with Gasteiger partial charge in [0.05, 0.1) is 5.56 Å². The number of nitrogens with one attached hydrogen (secondary N) is 1. The number of halogens is 1. The van der Waals surface area contributed by atoms with Crippen molar-refractivity contribution in [2.75, 3.05) is 0 Å². The van der Waals surface area contributed by atoms with Gasteiger partial charge in [-0.25, -0.2) is 4.79 Å². The summed E-state index contributed by atoms with van der Waals surface area (Å²) in [4.78, 5) is 10.9. The van der Waals surface area contributed by atoms with Crippen molar-refractivity contribution in [2.45, 2.75) is 19.5 Å². The molecule has 0 amide bonds. The fourth-order valence-electron chi connectivity index (χ4n) is 1.95. The van der Waals surface area contributed by atoms with Crippen LogP contribution in [0.25, 0.3) is 0 Å². The van der Waals surface area contributed by atoms with Crippen LogP contribution in [0.15, 0.2) is 48.5 Å². The smallest absolute Gasteiger partial charge is 0.335 e. The van der Waals surface area contributed by atoms with E-state index in [1.807, 2.05) is 30.3 Å². The Balaban J connectivity index is 1.99. The van der Waals surface area contributed by atoms with Crippen molar-refractivity contribution < 1.29 is 9.90 Å². The van der Waals surface area contributed by atoms with Crippen molar-refractivity contribution >= 4 is 17.6 Å². The monoisotopic (exact) mass is 289 g/mol. The third-order valence-electron chi connectivity index (χ3n) is 3.16. The summed E-state index contributed by atoms with van der Waals surface area (Å²) in [6, 6.07) is 14.8. The lowest BCUT2D eigenvalue weighted by atomic mass is 10.1. The number of hydrogen-bond acceptors (Lipinski definition) is 2. The maximum absolute atomic E-state index is 10.9. The van der Waals surface area contributed by atoms with Gasteiger partial charge in [-0.3, -0.25) is 0 Å². The molecule has 0 spiro atoms. The summed E-state index contributed by atoms with van der Waals surface area (Å²) in [7, 11) is 0. The van der Waals surface area contributed by atoms with Gasteiger partial charge in [-0.2, -0.15) is 0 Å². The third kappa shape index (κ3) is 3.83. The van der Waals surface area contributed by atoms with Crippen molar-refractivity contribution in [3.63, 3.8) is 0 Å². The van der Waals surface area contributed by atoms with Gasteiger partial charge in [-0.05, 0) is 42.3 Å². The zero-order valence-corrected chi connectivity index (χ0v) is 11.9. The highest BCUT2D eigenvalue weighted by Gasteiger charge is 2.06. The Kier molecular flexibility index (Phi) is 4.77. The molecular formula is C16H16ClNO2. The van der Waals surface area contributed by atoms with E-state index in [1.165, 1.54) is 0 Å². The number of aromatic carboxylic acids is 1. The highest BCUT2D eigenvalue weighted by atomic mass is 35.5. The molecule has 2 N–H and O–H groups in total. The Morgan fingerprint density at radius 2 is 1.95 bits per heavy atom. The Hall–Kier alpha value is -1.84. The summed E-state index contributed by atoms with van der Waals surface area (Å²) < 4.78 is 0. The summed E-state index contributed by atoms with van der Waals surface area (Å²) in [5.41, 5.74) is 2.40. The molecule has 2 aromatic rings. The van der Waals surface area contributed by atoms with Crippen molar-refractivity contribution in [1.29, 1.82) is 0 Å². The minimum Gasteiger partial charge on any atom is -0.478 e. The molecule has 0 heterocycles.